The van der Waals surface area contributed by atoms with Gasteiger partial charge in [-0.1, -0.05) is 54.1 Å². The molecule has 6 heteroatoms. The first-order chi connectivity index (χ1) is 11.1. The highest BCUT2D eigenvalue weighted by atomic mass is 35.5. The molecule has 2 rings (SSSR count). The summed E-state index contributed by atoms with van der Waals surface area (Å²) in [5, 5.41) is 3.28. The van der Waals surface area contributed by atoms with Gasteiger partial charge >= 0.3 is 0 Å². The number of hydrogen-bond donors (Lipinski definition) is 2. The fourth-order valence-corrected chi connectivity index (χ4v) is 3.43. The molecule has 0 radical (unpaired) electrons. The number of amides is 1. The fourth-order valence-electron chi connectivity index (χ4n) is 2.08. The summed E-state index contributed by atoms with van der Waals surface area (Å²) in [6.07, 6.45) is 0.754. The molecule has 2 aromatic rings. The highest BCUT2D eigenvalue weighted by molar-refractivity contribution is 8.00. The van der Waals surface area contributed by atoms with Gasteiger partial charge < -0.3 is 11.1 Å². The summed E-state index contributed by atoms with van der Waals surface area (Å²) >= 11 is 7.70. The molecule has 1 amide bonds. The van der Waals surface area contributed by atoms with Crippen LogP contribution in [0.3, 0.4) is 0 Å². The summed E-state index contributed by atoms with van der Waals surface area (Å²) < 4.78 is 0. The van der Waals surface area contributed by atoms with Crippen LogP contribution in [0.5, 0.6) is 0 Å². The van der Waals surface area contributed by atoms with Gasteiger partial charge in [-0.15, -0.1) is 24.2 Å². The van der Waals surface area contributed by atoms with Gasteiger partial charge in [0.05, 0.1) is 5.02 Å². The smallest absolute Gasteiger partial charge is 0.237 e. The van der Waals surface area contributed by atoms with Crippen LogP contribution in [-0.4, -0.2) is 18.5 Å². The quantitative estimate of drug-likeness (QED) is 0.693. The van der Waals surface area contributed by atoms with Crippen molar-refractivity contribution in [2.24, 2.45) is 5.73 Å². The number of carbonyl (C=O) groups excluding carboxylic acids is 1. The number of rotatable bonds is 7. The number of nitrogens with one attached hydrogen (secondary N) is 1. The van der Waals surface area contributed by atoms with Crippen LogP contribution in [0.2, 0.25) is 5.02 Å². The Morgan fingerprint density at radius 2 is 1.79 bits per heavy atom. The maximum Gasteiger partial charge on any atom is 0.237 e. The lowest BCUT2D eigenvalue weighted by atomic mass is 10.1. The minimum Gasteiger partial charge on any atom is -0.355 e. The van der Waals surface area contributed by atoms with Crippen LogP contribution in [0.4, 0.5) is 0 Å². The third-order valence-corrected chi connectivity index (χ3v) is 5.09. The highest BCUT2D eigenvalue weighted by Gasteiger charge is 2.22. The first kappa shape index (κ1) is 20.8. The van der Waals surface area contributed by atoms with Gasteiger partial charge in [-0.25, -0.2) is 0 Å². The predicted molar refractivity (Wildman–Crippen MR) is 105 cm³/mol. The van der Waals surface area contributed by atoms with Gasteiger partial charge in [0.1, 0.15) is 5.25 Å². The zero-order valence-electron chi connectivity index (χ0n) is 13.4. The van der Waals surface area contributed by atoms with Gasteiger partial charge in [0.15, 0.2) is 0 Å². The molecule has 2 aromatic carbocycles. The van der Waals surface area contributed by atoms with Crippen molar-refractivity contribution in [2.45, 2.75) is 29.5 Å². The zero-order valence-corrected chi connectivity index (χ0v) is 15.8. The Labute approximate surface area is 158 Å². The predicted octanol–water partition coefficient (Wildman–Crippen LogP) is 4.45. The zero-order chi connectivity index (χ0) is 16.7. The third kappa shape index (κ3) is 6.36. The Hall–Kier alpha value is -1.20. The summed E-state index contributed by atoms with van der Waals surface area (Å²) in [6, 6.07) is 17.4. The van der Waals surface area contributed by atoms with E-state index in [4.69, 9.17) is 17.3 Å². The monoisotopic (exact) mass is 384 g/mol. The molecule has 0 heterocycles. The molecule has 0 bridgehead atoms. The average Bonchev–Trinajstić information content (AvgIpc) is 2.54. The van der Waals surface area contributed by atoms with Crippen molar-refractivity contribution >= 4 is 41.7 Å². The lowest BCUT2D eigenvalue weighted by Gasteiger charge is -2.18. The number of hydrogen-bond acceptors (Lipinski definition) is 3. The standard InChI is InChI=1S/C18H21ClN2OS.ClH/c1-13(20)11-12-21-18(22)17(14-7-3-2-4-8-14)23-16-10-6-5-9-15(16)19;/h2-10,13,17H,11-12,20H2,1H3,(H,21,22);1H. The van der Waals surface area contributed by atoms with Crippen molar-refractivity contribution in [3.63, 3.8) is 0 Å². The molecule has 130 valence electrons. The third-order valence-electron chi connectivity index (χ3n) is 3.32. The first-order valence-corrected chi connectivity index (χ1v) is 8.83. The lowest BCUT2D eigenvalue weighted by Crippen LogP contribution is -2.31. The number of thioether (sulfide) groups is 1. The summed E-state index contributed by atoms with van der Waals surface area (Å²) in [4.78, 5) is 13.5. The topological polar surface area (TPSA) is 55.1 Å². The molecule has 0 fully saturated rings. The second-order valence-electron chi connectivity index (χ2n) is 5.40. The minimum absolute atomic E-state index is 0. The van der Waals surface area contributed by atoms with E-state index in [0.29, 0.717) is 11.6 Å². The van der Waals surface area contributed by atoms with Crippen molar-refractivity contribution in [2.75, 3.05) is 6.54 Å². The van der Waals surface area contributed by atoms with Crippen LogP contribution in [0.15, 0.2) is 59.5 Å². The normalized spacial score (nSPS) is 12.8. The van der Waals surface area contributed by atoms with E-state index in [1.165, 1.54) is 11.8 Å². The van der Waals surface area contributed by atoms with Gasteiger partial charge in [-0.3, -0.25) is 4.79 Å². The molecule has 24 heavy (non-hydrogen) atoms. The minimum atomic E-state index is -0.343. The Kier molecular flexibility index (Phi) is 9.22. The van der Waals surface area contributed by atoms with E-state index >= 15 is 0 Å². The van der Waals surface area contributed by atoms with Crippen molar-refractivity contribution in [1.82, 2.24) is 5.32 Å². The molecule has 0 aliphatic rings. The molecule has 0 aliphatic heterocycles. The Balaban J connectivity index is 0.00000288. The summed E-state index contributed by atoms with van der Waals surface area (Å²) in [5.41, 5.74) is 6.69. The summed E-state index contributed by atoms with van der Waals surface area (Å²) in [5.74, 6) is -0.0261. The van der Waals surface area contributed by atoms with Crippen LogP contribution < -0.4 is 11.1 Å². The van der Waals surface area contributed by atoms with E-state index < -0.39 is 0 Å². The Bertz CT molecular complexity index is 638. The van der Waals surface area contributed by atoms with E-state index in [-0.39, 0.29) is 29.6 Å². The Morgan fingerprint density at radius 1 is 1.17 bits per heavy atom. The first-order valence-electron chi connectivity index (χ1n) is 7.57. The molecule has 2 unspecified atom stereocenters. The van der Waals surface area contributed by atoms with Gasteiger partial charge in [0.25, 0.3) is 0 Å². The van der Waals surface area contributed by atoms with Crippen LogP contribution in [0, 0.1) is 0 Å². The van der Waals surface area contributed by atoms with Gasteiger partial charge in [0.2, 0.25) is 5.91 Å². The largest absolute Gasteiger partial charge is 0.355 e. The average molecular weight is 385 g/mol. The van der Waals surface area contributed by atoms with Crippen molar-refractivity contribution in [3.8, 4) is 0 Å². The molecule has 0 aliphatic carbocycles. The van der Waals surface area contributed by atoms with Gasteiger partial charge in [-0.2, -0.15) is 0 Å². The molecular weight excluding hydrogens is 363 g/mol. The van der Waals surface area contributed by atoms with Gasteiger partial charge in [0, 0.05) is 17.5 Å². The summed E-state index contributed by atoms with van der Waals surface area (Å²) in [7, 11) is 0. The number of halogens is 2. The van der Waals surface area contributed by atoms with Crippen LogP contribution in [-0.2, 0) is 4.79 Å². The number of nitrogens with two attached hydrogens (primary N) is 1. The second-order valence-corrected chi connectivity index (χ2v) is 6.95. The second kappa shape index (κ2) is 10.6. The van der Waals surface area contributed by atoms with Crippen LogP contribution in [0.25, 0.3) is 0 Å². The molecule has 0 aromatic heterocycles. The highest BCUT2D eigenvalue weighted by Crippen LogP contribution is 2.38. The molecule has 2 atom stereocenters. The van der Waals surface area contributed by atoms with Crippen molar-refractivity contribution in [3.05, 3.63) is 65.2 Å². The van der Waals surface area contributed by atoms with Crippen LogP contribution in [0.1, 0.15) is 24.2 Å². The lowest BCUT2D eigenvalue weighted by molar-refractivity contribution is -0.120. The molecular formula is C18H22Cl2N2OS. The van der Waals surface area contributed by atoms with Crippen molar-refractivity contribution < 1.29 is 4.79 Å². The van der Waals surface area contributed by atoms with E-state index in [0.717, 1.165) is 16.9 Å². The Morgan fingerprint density at radius 3 is 2.42 bits per heavy atom. The van der Waals surface area contributed by atoms with E-state index in [1.807, 2.05) is 61.5 Å². The maximum atomic E-state index is 12.6. The SMILES string of the molecule is CC(N)CCNC(=O)C(Sc1ccccc1Cl)c1ccccc1.Cl. The van der Waals surface area contributed by atoms with Gasteiger partial charge in [-0.05, 0) is 31.0 Å². The fraction of sp³-hybridized carbons (Fsp3) is 0.278. The van der Waals surface area contributed by atoms with Crippen molar-refractivity contribution in [1.29, 1.82) is 0 Å². The summed E-state index contributed by atoms with van der Waals surface area (Å²) in [6.45, 7) is 2.50. The van der Waals surface area contributed by atoms with E-state index in [1.54, 1.807) is 0 Å². The maximum absolute atomic E-state index is 12.6. The molecule has 0 saturated carbocycles. The van der Waals surface area contributed by atoms with E-state index in [9.17, 15) is 4.79 Å². The molecule has 3 N–H and O–H groups in total. The number of benzene rings is 2. The molecule has 0 saturated heterocycles. The van der Waals surface area contributed by atoms with E-state index in [2.05, 4.69) is 5.32 Å². The molecule has 3 nitrogen and oxygen atoms in total. The number of carbonyl (C=O) groups is 1. The molecule has 0 spiro atoms. The van der Waals surface area contributed by atoms with Crippen LogP contribution >= 0.6 is 35.8 Å².